The van der Waals surface area contributed by atoms with E-state index in [1.807, 2.05) is 6.07 Å². The van der Waals surface area contributed by atoms with Gasteiger partial charge in [-0.05, 0) is 29.2 Å². The topological polar surface area (TPSA) is 78.2 Å². The molecule has 20 heavy (non-hydrogen) atoms. The van der Waals surface area contributed by atoms with Crippen molar-refractivity contribution in [3.63, 3.8) is 0 Å². The average Bonchev–Trinajstić information content (AvgIpc) is 2.85. The van der Waals surface area contributed by atoms with Crippen molar-refractivity contribution in [2.75, 3.05) is 19.0 Å². The van der Waals surface area contributed by atoms with E-state index < -0.39 is 6.10 Å². The first-order valence-electron chi connectivity index (χ1n) is 5.77. The van der Waals surface area contributed by atoms with Gasteiger partial charge in [0.15, 0.2) is 5.15 Å². The number of nitrogens with one attached hydrogen (secondary N) is 1. The molecule has 0 radical (unpaired) electrons. The van der Waals surface area contributed by atoms with E-state index in [1.54, 1.807) is 31.4 Å². The third kappa shape index (κ3) is 3.20. The molecule has 0 spiro atoms. The molecule has 1 atom stereocenters. The van der Waals surface area contributed by atoms with Crippen molar-refractivity contribution in [1.29, 1.82) is 5.26 Å². The van der Waals surface area contributed by atoms with Gasteiger partial charge in [-0.25, -0.2) is 0 Å². The number of hydrogen-bond donors (Lipinski definition) is 2. The van der Waals surface area contributed by atoms with Crippen molar-refractivity contribution in [1.82, 2.24) is 4.37 Å². The van der Waals surface area contributed by atoms with Gasteiger partial charge in [-0.3, -0.25) is 0 Å². The summed E-state index contributed by atoms with van der Waals surface area (Å²) in [6.07, 6.45) is -0.701. The Balaban J connectivity index is 2.01. The van der Waals surface area contributed by atoms with Crippen LogP contribution in [0.25, 0.3) is 0 Å². The lowest BCUT2D eigenvalue weighted by molar-refractivity contribution is 0.191. The second-order valence-corrected chi connectivity index (χ2v) is 5.09. The van der Waals surface area contributed by atoms with Crippen molar-refractivity contribution in [2.24, 2.45) is 0 Å². The Morgan fingerprint density at radius 3 is 2.80 bits per heavy atom. The maximum atomic E-state index is 10.1. The fraction of sp³-hybridized carbons (Fsp3) is 0.231. The number of nitriles is 1. The summed E-state index contributed by atoms with van der Waals surface area (Å²) < 4.78 is 8.94. The number of hydrogen-bond acceptors (Lipinski definition) is 6. The van der Waals surface area contributed by atoms with E-state index in [9.17, 15) is 5.11 Å². The Labute approximate surface area is 125 Å². The van der Waals surface area contributed by atoms with Crippen LogP contribution in [-0.2, 0) is 0 Å². The first-order chi connectivity index (χ1) is 9.65. The van der Waals surface area contributed by atoms with Crippen LogP contribution in [0.4, 0.5) is 5.00 Å². The molecule has 2 rings (SSSR count). The van der Waals surface area contributed by atoms with Gasteiger partial charge in [0.05, 0.1) is 13.2 Å². The Kier molecular flexibility index (Phi) is 4.79. The molecule has 0 aliphatic rings. The number of aliphatic hydroxyl groups is 1. The molecule has 2 N–H and O–H groups in total. The van der Waals surface area contributed by atoms with Gasteiger partial charge in [0.2, 0.25) is 0 Å². The molecule has 1 aromatic heterocycles. The normalized spacial score (nSPS) is 11.7. The minimum Gasteiger partial charge on any atom is -0.497 e. The average molecular weight is 310 g/mol. The molecule has 0 unspecified atom stereocenters. The molecule has 0 saturated heterocycles. The SMILES string of the molecule is COc1ccc([C@H](O)CNc2snc(Cl)c2C#N)cc1. The summed E-state index contributed by atoms with van der Waals surface area (Å²) in [7, 11) is 1.59. The Bertz CT molecular complexity index is 622. The molecule has 0 saturated carbocycles. The second-order valence-electron chi connectivity index (χ2n) is 3.96. The van der Waals surface area contributed by atoms with Crippen LogP contribution >= 0.6 is 23.1 Å². The lowest BCUT2D eigenvalue weighted by atomic mass is 10.1. The summed E-state index contributed by atoms with van der Waals surface area (Å²) in [4.78, 5) is 0. The first-order valence-corrected chi connectivity index (χ1v) is 6.92. The van der Waals surface area contributed by atoms with Gasteiger partial charge in [-0.1, -0.05) is 23.7 Å². The number of nitrogens with zero attached hydrogens (tertiary/aromatic N) is 2. The highest BCUT2D eigenvalue weighted by Crippen LogP contribution is 2.28. The molecule has 0 aliphatic carbocycles. The molecule has 1 heterocycles. The molecule has 0 fully saturated rings. The van der Waals surface area contributed by atoms with Gasteiger partial charge in [0, 0.05) is 6.54 Å². The summed E-state index contributed by atoms with van der Waals surface area (Å²) in [5.74, 6) is 0.731. The molecule has 0 aliphatic heterocycles. The number of halogens is 1. The minimum absolute atomic E-state index is 0.180. The quantitative estimate of drug-likeness (QED) is 0.888. The number of methoxy groups -OCH3 is 1. The standard InChI is InChI=1S/C13H12ClN3O2S/c1-19-9-4-2-8(3-5-9)11(18)7-16-13-10(6-15)12(14)17-20-13/h2-5,11,16,18H,7H2,1H3/t11-/m1/s1. The molecule has 2 aromatic rings. The number of anilines is 1. The van der Waals surface area contributed by atoms with E-state index in [-0.39, 0.29) is 11.7 Å². The van der Waals surface area contributed by atoms with Crippen molar-refractivity contribution in [3.8, 4) is 11.8 Å². The van der Waals surface area contributed by atoms with Crippen LogP contribution in [0, 0.1) is 11.3 Å². The van der Waals surface area contributed by atoms with Crippen molar-refractivity contribution < 1.29 is 9.84 Å². The van der Waals surface area contributed by atoms with Crippen LogP contribution in [0.15, 0.2) is 24.3 Å². The summed E-state index contributed by atoms with van der Waals surface area (Å²) >= 11 is 6.87. The van der Waals surface area contributed by atoms with E-state index >= 15 is 0 Å². The van der Waals surface area contributed by atoms with E-state index in [0.29, 0.717) is 10.6 Å². The molecule has 1 aromatic carbocycles. The van der Waals surface area contributed by atoms with Gasteiger partial charge in [-0.15, -0.1) is 0 Å². The maximum absolute atomic E-state index is 10.1. The number of aliphatic hydroxyl groups excluding tert-OH is 1. The highest BCUT2D eigenvalue weighted by Gasteiger charge is 2.13. The zero-order valence-electron chi connectivity index (χ0n) is 10.6. The van der Waals surface area contributed by atoms with Gasteiger partial charge >= 0.3 is 0 Å². The minimum atomic E-state index is -0.701. The number of ether oxygens (including phenoxy) is 1. The molecular weight excluding hydrogens is 298 g/mol. The van der Waals surface area contributed by atoms with E-state index in [4.69, 9.17) is 21.6 Å². The molecule has 104 valence electrons. The molecule has 0 bridgehead atoms. The number of benzene rings is 1. The highest BCUT2D eigenvalue weighted by molar-refractivity contribution is 7.10. The van der Waals surface area contributed by atoms with Crippen LogP contribution < -0.4 is 10.1 Å². The van der Waals surface area contributed by atoms with E-state index in [2.05, 4.69) is 9.69 Å². The third-order valence-corrected chi connectivity index (χ3v) is 3.90. The zero-order valence-corrected chi connectivity index (χ0v) is 12.2. The maximum Gasteiger partial charge on any atom is 0.162 e. The predicted octanol–water partition coefficient (Wildman–Crippen LogP) is 2.82. The van der Waals surface area contributed by atoms with E-state index in [1.165, 1.54) is 0 Å². The lowest BCUT2D eigenvalue weighted by Crippen LogP contribution is -2.11. The third-order valence-electron chi connectivity index (χ3n) is 2.72. The van der Waals surface area contributed by atoms with Crippen LogP contribution in [0.2, 0.25) is 5.15 Å². The summed E-state index contributed by atoms with van der Waals surface area (Å²) in [6.45, 7) is 0.263. The predicted molar refractivity (Wildman–Crippen MR) is 78.3 cm³/mol. The lowest BCUT2D eigenvalue weighted by Gasteiger charge is -2.12. The van der Waals surface area contributed by atoms with Crippen molar-refractivity contribution in [3.05, 3.63) is 40.5 Å². The largest absolute Gasteiger partial charge is 0.497 e. The van der Waals surface area contributed by atoms with Crippen molar-refractivity contribution >= 4 is 28.1 Å². The van der Waals surface area contributed by atoms with Crippen molar-refractivity contribution in [2.45, 2.75) is 6.10 Å². The zero-order chi connectivity index (χ0) is 14.5. The van der Waals surface area contributed by atoms with Gasteiger partial charge in [-0.2, -0.15) is 9.64 Å². The number of rotatable bonds is 5. The number of aromatic nitrogens is 1. The summed E-state index contributed by atoms with van der Waals surface area (Å²) in [6, 6.07) is 9.11. The fourth-order valence-corrected chi connectivity index (χ4v) is 2.56. The van der Waals surface area contributed by atoms with Crippen LogP contribution in [-0.4, -0.2) is 23.1 Å². The molecule has 5 nitrogen and oxygen atoms in total. The van der Waals surface area contributed by atoms with Crippen LogP contribution in [0.5, 0.6) is 5.75 Å². The monoisotopic (exact) mass is 309 g/mol. The Morgan fingerprint density at radius 1 is 1.50 bits per heavy atom. The Morgan fingerprint density at radius 2 is 2.20 bits per heavy atom. The molecule has 7 heteroatoms. The van der Waals surface area contributed by atoms with Gasteiger partial charge in [0.25, 0.3) is 0 Å². The summed E-state index contributed by atoms with van der Waals surface area (Å²) in [5.41, 5.74) is 1.06. The van der Waals surface area contributed by atoms with Gasteiger partial charge in [0.1, 0.15) is 22.4 Å². The first kappa shape index (κ1) is 14.6. The smallest absolute Gasteiger partial charge is 0.162 e. The van der Waals surface area contributed by atoms with Gasteiger partial charge < -0.3 is 15.2 Å². The molecular formula is C13H12ClN3O2S. The molecule has 0 amide bonds. The summed E-state index contributed by atoms with van der Waals surface area (Å²) in [5, 5.41) is 22.7. The van der Waals surface area contributed by atoms with E-state index in [0.717, 1.165) is 22.8 Å². The van der Waals surface area contributed by atoms with Crippen LogP contribution in [0.3, 0.4) is 0 Å². The fourth-order valence-electron chi connectivity index (χ4n) is 1.62. The second kappa shape index (κ2) is 6.57. The van der Waals surface area contributed by atoms with Crippen LogP contribution in [0.1, 0.15) is 17.2 Å². The Hall–Kier alpha value is -1.81. The highest BCUT2D eigenvalue weighted by atomic mass is 35.5.